The predicted octanol–water partition coefficient (Wildman–Crippen LogP) is 3.05. The number of fused-ring (bicyclic) bond motifs is 1. The minimum atomic E-state index is 0.700. The molecule has 0 spiro atoms. The molecule has 0 aromatic carbocycles. The van der Waals surface area contributed by atoms with Crippen LogP contribution in [0.2, 0.25) is 0 Å². The molecule has 0 radical (unpaired) electrons. The zero-order chi connectivity index (χ0) is 18.5. The Morgan fingerprint density at radius 2 is 2.15 bits per heavy atom. The fraction of sp³-hybridized carbons (Fsp3) is 0.421. The Morgan fingerprint density at radius 3 is 2.85 bits per heavy atom. The van der Waals surface area contributed by atoms with Crippen molar-refractivity contribution in [2.45, 2.75) is 33.7 Å². The van der Waals surface area contributed by atoms with Gasteiger partial charge >= 0.3 is 0 Å². The summed E-state index contributed by atoms with van der Waals surface area (Å²) in [5.74, 6) is 0.901. The normalized spacial score (nSPS) is 11.9. The first-order valence-electron chi connectivity index (χ1n) is 8.90. The molecular formula is C19H26N6S. The van der Waals surface area contributed by atoms with Crippen molar-refractivity contribution in [2.24, 2.45) is 4.99 Å². The lowest BCUT2D eigenvalue weighted by Crippen LogP contribution is -2.38. The fourth-order valence-corrected chi connectivity index (χ4v) is 3.47. The first-order valence-corrected chi connectivity index (χ1v) is 9.78. The molecule has 0 aliphatic rings. The van der Waals surface area contributed by atoms with E-state index >= 15 is 0 Å². The third-order valence-corrected chi connectivity index (χ3v) is 4.94. The summed E-state index contributed by atoms with van der Waals surface area (Å²) in [5, 5.41) is 6.56. The standard InChI is InChI=1S/C19H26N6S/c1-5-20-19(24(4)11-17-13-26-15(3)22-17)21-9-8-16-12-25-10-6-7-14(2)18(25)23-16/h6-7,10,12-13H,5,8-9,11H2,1-4H3,(H,20,21). The van der Waals surface area contributed by atoms with Crippen LogP contribution in [0.1, 0.15) is 28.9 Å². The molecule has 0 amide bonds. The minimum Gasteiger partial charge on any atom is -0.357 e. The molecular weight excluding hydrogens is 344 g/mol. The van der Waals surface area contributed by atoms with Crippen LogP contribution in [-0.2, 0) is 13.0 Å². The first-order chi connectivity index (χ1) is 12.6. The average Bonchev–Trinajstić information content (AvgIpc) is 3.21. The van der Waals surface area contributed by atoms with E-state index in [1.165, 1.54) is 5.56 Å². The van der Waals surface area contributed by atoms with Gasteiger partial charge in [0.1, 0.15) is 5.65 Å². The summed E-state index contributed by atoms with van der Waals surface area (Å²) >= 11 is 1.68. The molecule has 0 bridgehead atoms. The summed E-state index contributed by atoms with van der Waals surface area (Å²) in [6.45, 7) is 8.50. The van der Waals surface area contributed by atoms with Crippen molar-refractivity contribution < 1.29 is 0 Å². The van der Waals surface area contributed by atoms with Crippen molar-refractivity contribution in [3.05, 3.63) is 51.9 Å². The molecule has 3 aromatic heterocycles. The third-order valence-electron chi connectivity index (χ3n) is 4.12. The number of aryl methyl sites for hydroxylation is 2. The van der Waals surface area contributed by atoms with Gasteiger partial charge in [0, 0.05) is 44.3 Å². The second-order valence-electron chi connectivity index (χ2n) is 6.35. The van der Waals surface area contributed by atoms with Crippen LogP contribution in [0.5, 0.6) is 0 Å². The van der Waals surface area contributed by atoms with Gasteiger partial charge in [-0.05, 0) is 32.4 Å². The van der Waals surface area contributed by atoms with E-state index in [1.54, 1.807) is 11.3 Å². The van der Waals surface area contributed by atoms with Crippen LogP contribution in [0.15, 0.2) is 34.9 Å². The van der Waals surface area contributed by atoms with Crippen molar-refractivity contribution in [3.63, 3.8) is 0 Å². The highest BCUT2D eigenvalue weighted by atomic mass is 32.1. The molecule has 26 heavy (non-hydrogen) atoms. The fourth-order valence-electron chi connectivity index (χ4n) is 2.87. The lowest BCUT2D eigenvalue weighted by atomic mass is 10.3. The molecule has 3 rings (SSSR count). The molecule has 138 valence electrons. The SMILES string of the molecule is CCNC(=NCCc1cn2cccc(C)c2n1)N(C)Cc1csc(C)n1. The Hall–Kier alpha value is -2.41. The number of nitrogens with zero attached hydrogens (tertiary/aromatic N) is 5. The first kappa shape index (κ1) is 18.4. The molecule has 3 aromatic rings. The van der Waals surface area contributed by atoms with Gasteiger partial charge in [0.2, 0.25) is 0 Å². The average molecular weight is 371 g/mol. The second kappa shape index (κ2) is 8.31. The van der Waals surface area contributed by atoms with Gasteiger partial charge in [-0.15, -0.1) is 11.3 Å². The number of imidazole rings is 1. The molecule has 0 saturated heterocycles. The topological polar surface area (TPSA) is 57.8 Å². The number of thiazole rings is 1. The Bertz CT molecular complexity index is 894. The summed E-state index contributed by atoms with van der Waals surface area (Å²) in [6, 6.07) is 4.13. The summed E-state index contributed by atoms with van der Waals surface area (Å²) < 4.78 is 2.08. The maximum Gasteiger partial charge on any atom is 0.194 e. The molecule has 3 heterocycles. The van der Waals surface area contributed by atoms with Gasteiger partial charge in [0.05, 0.1) is 22.9 Å². The van der Waals surface area contributed by atoms with Crippen LogP contribution >= 0.6 is 11.3 Å². The number of hydrogen-bond acceptors (Lipinski definition) is 4. The summed E-state index contributed by atoms with van der Waals surface area (Å²) in [5.41, 5.74) is 4.36. The van der Waals surface area contributed by atoms with Gasteiger partial charge in [-0.2, -0.15) is 0 Å². The highest BCUT2D eigenvalue weighted by Gasteiger charge is 2.09. The number of pyridine rings is 1. The molecule has 0 unspecified atom stereocenters. The van der Waals surface area contributed by atoms with E-state index in [0.29, 0.717) is 6.54 Å². The van der Waals surface area contributed by atoms with Crippen LogP contribution in [0.3, 0.4) is 0 Å². The quantitative estimate of drug-likeness (QED) is 0.535. The van der Waals surface area contributed by atoms with Crippen molar-refractivity contribution >= 4 is 22.9 Å². The predicted molar refractivity (Wildman–Crippen MR) is 108 cm³/mol. The van der Waals surface area contributed by atoms with Gasteiger partial charge in [-0.1, -0.05) is 6.07 Å². The molecule has 1 N–H and O–H groups in total. The largest absolute Gasteiger partial charge is 0.357 e. The Morgan fingerprint density at radius 1 is 1.31 bits per heavy atom. The van der Waals surface area contributed by atoms with Gasteiger partial charge in [0.15, 0.2) is 5.96 Å². The Labute approximate surface area is 158 Å². The van der Waals surface area contributed by atoms with E-state index in [-0.39, 0.29) is 0 Å². The molecule has 7 heteroatoms. The van der Waals surface area contributed by atoms with E-state index in [4.69, 9.17) is 9.98 Å². The summed E-state index contributed by atoms with van der Waals surface area (Å²) in [7, 11) is 2.05. The van der Waals surface area contributed by atoms with Crippen LogP contribution in [0.25, 0.3) is 5.65 Å². The molecule has 0 atom stereocenters. The molecule has 0 saturated carbocycles. The summed E-state index contributed by atoms with van der Waals surface area (Å²) in [4.78, 5) is 16.1. The monoisotopic (exact) mass is 370 g/mol. The van der Waals surface area contributed by atoms with Gasteiger partial charge in [0.25, 0.3) is 0 Å². The third kappa shape index (κ3) is 4.40. The van der Waals surface area contributed by atoms with Gasteiger partial charge in [-0.3, -0.25) is 4.99 Å². The number of aromatic nitrogens is 3. The number of aliphatic imine (C=N–C) groups is 1. The zero-order valence-corrected chi connectivity index (χ0v) is 16.7. The van der Waals surface area contributed by atoms with Crippen LogP contribution in [-0.4, -0.2) is 45.4 Å². The van der Waals surface area contributed by atoms with Crippen LogP contribution < -0.4 is 5.32 Å². The lowest BCUT2D eigenvalue weighted by Gasteiger charge is -2.21. The van der Waals surface area contributed by atoms with E-state index in [0.717, 1.165) is 47.5 Å². The van der Waals surface area contributed by atoms with Crippen molar-refractivity contribution in [1.29, 1.82) is 0 Å². The highest BCUT2D eigenvalue weighted by Crippen LogP contribution is 2.11. The smallest absolute Gasteiger partial charge is 0.194 e. The number of hydrogen-bond donors (Lipinski definition) is 1. The zero-order valence-electron chi connectivity index (χ0n) is 15.9. The lowest BCUT2D eigenvalue weighted by molar-refractivity contribution is 0.471. The molecule has 0 aliphatic carbocycles. The van der Waals surface area contributed by atoms with Gasteiger partial charge < -0.3 is 14.6 Å². The van der Waals surface area contributed by atoms with E-state index in [1.807, 2.05) is 26.2 Å². The number of guanidine groups is 1. The van der Waals surface area contributed by atoms with Crippen LogP contribution in [0.4, 0.5) is 0 Å². The summed E-state index contributed by atoms with van der Waals surface area (Å²) in [6.07, 6.45) is 4.95. The number of nitrogens with one attached hydrogen (secondary N) is 1. The van der Waals surface area contributed by atoms with Crippen molar-refractivity contribution in [1.82, 2.24) is 24.6 Å². The Balaban J connectivity index is 1.65. The molecule has 0 fully saturated rings. The van der Waals surface area contributed by atoms with E-state index in [2.05, 4.69) is 51.1 Å². The maximum absolute atomic E-state index is 4.76. The van der Waals surface area contributed by atoms with E-state index < -0.39 is 0 Å². The maximum atomic E-state index is 4.76. The highest BCUT2D eigenvalue weighted by molar-refractivity contribution is 7.09. The number of rotatable bonds is 6. The molecule has 0 aliphatic heterocycles. The van der Waals surface area contributed by atoms with Crippen molar-refractivity contribution in [2.75, 3.05) is 20.1 Å². The Kier molecular flexibility index (Phi) is 5.88. The second-order valence-corrected chi connectivity index (χ2v) is 7.42. The van der Waals surface area contributed by atoms with Gasteiger partial charge in [-0.25, -0.2) is 9.97 Å². The van der Waals surface area contributed by atoms with Crippen molar-refractivity contribution in [3.8, 4) is 0 Å². The molecule has 6 nitrogen and oxygen atoms in total. The van der Waals surface area contributed by atoms with Crippen LogP contribution in [0, 0.1) is 13.8 Å². The van der Waals surface area contributed by atoms with E-state index in [9.17, 15) is 0 Å². The minimum absolute atomic E-state index is 0.700.